The van der Waals surface area contributed by atoms with Crippen LogP contribution in [0.15, 0.2) is 65.5 Å². The Hall–Kier alpha value is -3.28. The molecule has 3 aromatic rings. The molecule has 2 heterocycles. The second-order valence-electron chi connectivity index (χ2n) is 6.15. The molecule has 2 aromatic carbocycles. The molecule has 0 fully saturated rings. The molecule has 6 nitrogen and oxygen atoms in total. The lowest BCUT2D eigenvalue weighted by atomic mass is 9.90. The first-order chi connectivity index (χ1) is 12.1. The zero-order valence-electron chi connectivity index (χ0n) is 13.8. The molecule has 6 heteroatoms. The molecule has 0 spiro atoms. The van der Waals surface area contributed by atoms with Crippen LogP contribution in [0, 0.1) is 0 Å². The van der Waals surface area contributed by atoms with E-state index < -0.39 is 0 Å². The summed E-state index contributed by atoms with van der Waals surface area (Å²) in [5.41, 5.74) is 8.17. The van der Waals surface area contributed by atoms with Gasteiger partial charge in [0, 0.05) is 7.05 Å². The van der Waals surface area contributed by atoms with Gasteiger partial charge in [0.1, 0.15) is 5.69 Å². The lowest BCUT2D eigenvalue weighted by molar-refractivity contribution is 0.553. The summed E-state index contributed by atoms with van der Waals surface area (Å²) in [6, 6.07) is 20.2. The summed E-state index contributed by atoms with van der Waals surface area (Å²) in [6.07, 6.45) is 0. The topological polar surface area (TPSA) is 87.0 Å². The Bertz CT molecular complexity index is 939. The average molecular weight is 333 g/mol. The quantitative estimate of drug-likeness (QED) is 0.671. The third-order valence-corrected chi connectivity index (χ3v) is 4.59. The molecule has 2 atom stereocenters. The van der Waals surface area contributed by atoms with Crippen LogP contribution in [0.4, 0.5) is 17.5 Å². The molecule has 4 N–H and O–H groups in total. The molecule has 0 radical (unpaired) electrons. The van der Waals surface area contributed by atoms with Crippen molar-refractivity contribution in [2.24, 2.45) is 0 Å². The number of nitrogens with one attached hydrogen (secondary N) is 2. The number of H-pyrrole nitrogens is 1. The summed E-state index contributed by atoms with van der Waals surface area (Å²) in [6.45, 7) is 0. The number of nitrogen functional groups attached to an aromatic ring is 1. The van der Waals surface area contributed by atoms with Gasteiger partial charge in [0.25, 0.3) is 5.56 Å². The monoisotopic (exact) mass is 333 g/mol. The Morgan fingerprint density at radius 1 is 1.00 bits per heavy atom. The highest BCUT2D eigenvalue weighted by atomic mass is 16.1. The summed E-state index contributed by atoms with van der Waals surface area (Å²) < 4.78 is 0. The molecule has 1 aliphatic rings. The summed E-state index contributed by atoms with van der Waals surface area (Å²) >= 11 is 0. The van der Waals surface area contributed by atoms with Gasteiger partial charge in [-0.15, -0.1) is 0 Å². The van der Waals surface area contributed by atoms with E-state index in [0.29, 0.717) is 11.5 Å². The molecular weight excluding hydrogens is 314 g/mol. The Balaban J connectivity index is 1.91. The minimum absolute atomic E-state index is 0.0233. The Kier molecular flexibility index (Phi) is 3.65. The zero-order valence-corrected chi connectivity index (χ0v) is 13.8. The molecule has 0 aliphatic carbocycles. The van der Waals surface area contributed by atoms with Crippen molar-refractivity contribution in [3.8, 4) is 0 Å². The summed E-state index contributed by atoms with van der Waals surface area (Å²) in [4.78, 5) is 21.3. The third-order valence-electron chi connectivity index (χ3n) is 4.59. The van der Waals surface area contributed by atoms with Crippen molar-refractivity contribution < 1.29 is 0 Å². The summed E-state index contributed by atoms with van der Waals surface area (Å²) in [5, 5.41) is 3.38. The average Bonchev–Trinajstić information content (AvgIpc) is 2.64. The van der Waals surface area contributed by atoms with E-state index in [2.05, 4.69) is 39.6 Å². The van der Waals surface area contributed by atoms with Gasteiger partial charge in [-0.3, -0.25) is 9.78 Å². The van der Waals surface area contributed by atoms with Gasteiger partial charge in [0.05, 0.1) is 12.1 Å². The highest BCUT2D eigenvalue weighted by Gasteiger charge is 2.36. The van der Waals surface area contributed by atoms with Gasteiger partial charge in [-0.25, -0.2) is 0 Å². The molecule has 2 unspecified atom stereocenters. The van der Waals surface area contributed by atoms with Crippen LogP contribution in [0.1, 0.15) is 23.2 Å². The summed E-state index contributed by atoms with van der Waals surface area (Å²) in [7, 11) is 1.94. The molecule has 0 bridgehead atoms. The van der Waals surface area contributed by atoms with Crippen molar-refractivity contribution >= 4 is 17.5 Å². The second kappa shape index (κ2) is 5.98. The largest absolute Gasteiger partial charge is 0.369 e. The maximum atomic E-state index is 12.4. The number of aromatic nitrogens is 2. The number of fused-ring (bicyclic) bond motifs is 1. The Morgan fingerprint density at radius 3 is 2.24 bits per heavy atom. The van der Waals surface area contributed by atoms with Crippen LogP contribution >= 0.6 is 0 Å². The second-order valence-corrected chi connectivity index (χ2v) is 6.15. The maximum Gasteiger partial charge on any atom is 0.277 e. The van der Waals surface area contributed by atoms with Crippen LogP contribution in [0.25, 0.3) is 0 Å². The standard InChI is InChI=1S/C19H19N5O/c1-24-16(13-10-6-3-7-11-13)14(12-8-4-2-5-9-12)21-15-17(24)22-19(20)23-18(15)25/h2-11,14,16,21H,1H3,(H3,20,22,23,25). The smallest absolute Gasteiger partial charge is 0.277 e. The van der Waals surface area contributed by atoms with Gasteiger partial charge in [-0.2, -0.15) is 4.98 Å². The maximum absolute atomic E-state index is 12.4. The van der Waals surface area contributed by atoms with E-state index in [9.17, 15) is 4.79 Å². The fourth-order valence-electron chi connectivity index (χ4n) is 3.45. The van der Waals surface area contributed by atoms with Gasteiger partial charge < -0.3 is 16.0 Å². The molecular formula is C19H19N5O. The van der Waals surface area contributed by atoms with E-state index in [1.54, 1.807) is 0 Å². The fourth-order valence-corrected chi connectivity index (χ4v) is 3.45. The SMILES string of the molecule is CN1c2nc(N)[nH]c(=O)c2NC(c2ccccc2)C1c1ccccc1. The first-order valence-electron chi connectivity index (χ1n) is 8.14. The predicted octanol–water partition coefficient (Wildman–Crippen LogP) is 2.70. The van der Waals surface area contributed by atoms with Crippen LogP contribution in [0.2, 0.25) is 0 Å². The number of nitrogens with two attached hydrogens (primary N) is 1. The van der Waals surface area contributed by atoms with Crippen LogP contribution in [-0.4, -0.2) is 17.0 Å². The van der Waals surface area contributed by atoms with Gasteiger partial charge in [-0.1, -0.05) is 60.7 Å². The number of hydrogen-bond acceptors (Lipinski definition) is 5. The van der Waals surface area contributed by atoms with Crippen LogP contribution in [-0.2, 0) is 0 Å². The van der Waals surface area contributed by atoms with Crippen molar-refractivity contribution in [1.29, 1.82) is 0 Å². The minimum atomic E-state index is -0.262. The number of hydrogen-bond donors (Lipinski definition) is 3. The fraction of sp³-hybridized carbons (Fsp3) is 0.158. The number of nitrogens with zero attached hydrogens (tertiary/aromatic N) is 2. The van der Waals surface area contributed by atoms with Crippen molar-refractivity contribution in [3.05, 3.63) is 82.1 Å². The highest BCUT2D eigenvalue weighted by molar-refractivity contribution is 5.70. The van der Waals surface area contributed by atoms with Crippen LogP contribution in [0.3, 0.4) is 0 Å². The van der Waals surface area contributed by atoms with E-state index in [4.69, 9.17) is 5.73 Å². The molecule has 0 saturated carbocycles. The van der Waals surface area contributed by atoms with Crippen LogP contribution < -0.4 is 21.5 Å². The molecule has 126 valence electrons. The van der Waals surface area contributed by atoms with Gasteiger partial charge in [0.2, 0.25) is 5.95 Å². The van der Waals surface area contributed by atoms with Crippen molar-refractivity contribution in [2.45, 2.75) is 12.1 Å². The van der Waals surface area contributed by atoms with E-state index >= 15 is 0 Å². The number of likely N-dealkylation sites (N-methyl/N-ethyl adjacent to an activating group) is 1. The Labute approximate surface area is 145 Å². The molecule has 1 aromatic heterocycles. The lowest BCUT2D eigenvalue weighted by Gasteiger charge is -2.41. The van der Waals surface area contributed by atoms with E-state index in [0.717, 1.165) is 11.1 Å². The van der Waals surface area contributed by atoms with Gasteiger partial charge in [0.15, 0.2) is 5.82 Å². The summed E-state index contributed by atoms with van der Waals surface area (Å²) in [5.74, 6) is 0.671. The van der Waals surface area contributed by atoms with Gasteiger partial charge >= 0.3 is 0 Å². The van der Waals surface area contributed by atoms with Crippen molar-refractivity contribution in [2.75, 3.05) is 23.0 Å². The molecule has 25 heavy (non-hydrogen) atoms. The number of benzene rings is 2. The van der Waals surface area contributed by atoms with Crippen LogP contribution in [0.5, 0.6) is 0 Å². The predicted molar refractivity (Wildman–Crippen MR) is 99.7 cm³/mol. The first kappa shape index (κ1) is 15.3. The first-order valence-corrected chi connectivity index (χ1v) is 8.14. The number of aromatic amines is 1. The molecule has 0 saturated heterocycles. The van der Waals surface area contributed by atoms with E-state index in [-0.39, 0.29) is 23.6 Å². The number of anilines is 3. The number of rotatable bonds is 2. The lowest BCUT2D eigenvalue weighted by Crippen LogP contribution is -2.40. The highest BCUT2D eigenvalue weighted by Crippen LogP contribution is 2.43. The minimum Gasteiger partial charge on any atom is -0.369 e. The molecule has 4 rings (SSSR count). The Morgan fingerprint density at radius 2 is 1.60 bits per heavy atom. The zero-order chi connectivity index (χ0) is 17.4. The van der Waals surface area contributed by atoms with Crippen molar-refractivity contribution in [3.63, 3.8) is 0 Å². The van der Waals surface area contributed by atoms with E-state index in [1.165, 1.54) is 0 Å². The van der Waals surface area contributed by atoms with Crippen molar-refractivity contribution in [1.82, 2.24) is 9.97 Å². The van der Waals surface area contributed by atoms with E-state index in [1.807, 2.05) is 48.3 Å². The normalized spacial score (nSPS) is 19.2. The molecule has 1 aliphatic heterocycles. The van der Waals surface area contributed by atoms with Gasteiger partial charge in [-0.05, 0) is 11.1 Å². The molecule has 0 amide bonds. The third kappa shape index (κ3) is 2.61.